The molecule has 0 aromatic carbocycles. The molecule has 0 saturated heterocycles. The fourth-order valence-electron chi connectivity index (χ4n) is 0.888. The van der Waals surface area contributed by atoms with E-state index in [1.807, 2.05) is 13.8 Å². The van der Waals surface area contributed by atoms with Crippen molar-refractivity contribution < 1.29 is 0 Å². The molecule has 0 heteroatoms. The zero-order valence-corrected chi connectivity index (χ0v) is 7.07. The average Bonchev–Trinajstić information content (AvgIpc) is 2.19. The lowest BCUT2D eigenvalue weighted by molar-refractivity contribution is 0.399. The maximum Gasteiger partial charge on any atom is -0.0285 e. The van der Waals surface area contributed by atoms with Crippen LogP contribution in [0.2, 0.25) is 0 Å². The van der Waals surface area contributed by atoms with Gasteiger partial charge in [-0.05, 0) is 18.3 Å². The lowest BCUT2D eigenvalue weighted by Gasteiger charge is -2.14. The first-order valence-electron chi connectivity index (χ1n) is 3.86. The first kappa shape index (κ1) is 12.4. The van der Waals surface area contributed by atoms with Gasteiger partial charge < -0.3 is 0 Å². The molecule has 0 fully saturated rings. The highest BCUT2D eigenvalue weighted by molar-refractivity contribution is 4.98. The van der Waals surface area contributed by atoms with Crippen molar-refractivity contribution in [3.63, 3.8) is 0 Å². The van der Waals surface area contributed by atoms with E-state index in [9.17, 15) is 0 Å². The molecular formula is C10H22. The molecular weight excluding hydrogens is 120 g/mol. The van der Waals surface area contributed by atoms with Crippen molar-refractivity contribution in [2.45, 2.75) is 48.0 Å². The zero-order valence-electron chi connectivity index (χ0n) is 7.07. The topological polar surface area (TPSA) is 0 Å². The summed E-state index contributed by atoms with van der Waals surface area (Å²) in [7, 11) is 0. The summed E-state index contributed by atoms with van der Waals surface area (Å²) in [6.45, 7) is 8.60. The maximum absolute atomic E-state index is 2.30. The highest BCUT2D eigenvalue weighted by Gasteiger charge is 2.17. The van der Waals surface area contributed by atoms with Gasteiger partial charge in [0.25, 0.3) is 0 Å². The Balaban J connectivity index is 0. The van der Waals surface area contributed by atoms with E-state index in [-0.39, 0.29) is 7.43 Å². The summed E-state index contributed by atoms with van der Waals surface area (Å²) in [5.41, 5.74) is 0.583. The number of hydrogen-bond donors (Lipinski definition) is 0. The largest absolute Gasteiger partial charge is 0.0880 e. The highest BCUT2D eigenvalue weighted by Crippen LogP contribution is 2.30. The van der Waals surface area contributed by atoms with Crippen molar-refractivity contribution in [1.82, 2.24) is 0 Å². The highest BCUT2D eigenvalue weighted by atomic mass is 14.2. The molecule has 0 aliphatic heterocycles. The molecule has 0 saturated carbocycles. The van der Waals surface area contributed by atoms with E-state index >= 15 is 0 Å². The molecule has 0 spiro atoms. The second kappa shape index (κ2) is 5.52. The van der Waals surface area contributed by atoms with E-state index in [2.05, 4.69) is 26.0 Å². The zero-order chi connectivity index (χ0) is 7.33. The normalized spacial score (nSPS) is 18.8. The fraction of sp³-hybridized carbons (Fsp3) is 0.800. The molecule has 0 bridgehead atoms. The van der Waals surface area contributed by atoms with Crippen LogP contribution in [0.4, 0.5) is 0 Å². The van der Waals surface area contributed by atoms with Crippen LogP contribution >= 0.6 is 0 Å². The molecule has 1 aliphatic carbocycles. The van der Waals surface area contributed by atoms with E-state index in [1.165, 1.54) is 12.8 Å². The minimum atomic E-state index is 0. The van der Waals surface area contributed by atoms with Crippen molar-refractivity contribution in [1.29, 1.82) is 0 Å². The first-order chi connectivity index (χ1) is 4.21. The predicted molar refractivity (Wildman–Crippen MR) is 50.2 cm³/mol. The van der Waals surface area contributed by atoms with Crippen LogP contribution in [0.5, 0.6) is 0 Å². The lowest BCUT2D eigenvalue weighted by atomic mass is 9.91. The summed E-state index contributed by atoms with van der Waals surface area (Å²) in [5.74, 6) is 0. The van der Waals surface area contributed by atoms with Crippen molar-refractivity contribution >= 4 is 0 Å². The number of rotatable bonds is 0. The second-order valence-corrected chi connectivity index (χ2v) is 3.04. The molecule has 0 aromatic heterocycles. The van der Waals surface area contributed by atoms with Crippen LogP contribution in [0.25, 0.3) is 0 Å². The van der Waals surface area contributed by atoms with Gasteiger partial charge >= 0.3 is 0 Å². The van der Waals surface area contributed by atoms with Crippen LogP contribution in [0.15, 0.2) is 12.2 Å². The van der Waals surface area contributed by atoms with Gasteiger partial charge in [-0.15, -0.1) is 0 Å². The molecule has 62 valence electrons. The second-order valence-electron chi connectivity index (χ2n) is 3.04. The molecule has 0 aromatic rings. The average molecular weight is 142 g/mol. The summed E-state index contributed by atoms with van der Waals surface area (Å²) in [5, 5.41) is 0. The Hall–Kier alpha value is -0.260. The van der Waals surface area contributed by atoms with Crippen LogP contribution in [-0.2, 0) is 0 Å². The molecule has 0 heterocycles. The van der Waals surface area contributed by atoms with Crippen LogP contribution in [0, 0.1) is 5.41 Å². The van der Waals surface area contributed by atoms with Gasteiger partial charge in [-0.25, -0.2) is 0 Å². The van der Waals surface area contributed by atoms with Crippen LogP contribution < -0.4 is 0 Å². The van der Waals surface area contributed by atoms with E-state index < -0.39 is 0 Å². The quantitative estimate of drug-likeness (QED) is 0.448. The van der Waals surface area contributed by atoms with Gasteiger partial charge in [0, 0.05) is 0 Å². The van der Waals surface area contributed by atoms with Crippen LogP contribution in [-0.4, -0.2) is 0 Å². The standard InChI is InChI=1S/C7H12.C2H6.CH4/c1-7(2)5-3-4-6-7;1-2;/h3-4H,5-6H2,1-2H3;1-2H3;1H4. The van der Waals surface area contributed by atoms with Crippen molar-refractivity contribution in [2.24, 2.45) is 5.41 Å². The van der Waals surface area contributed by atoms with Crippen LogP contribution in [0.3, 0.4) is 0 Å². The predicted octanol–water partition coefficient (Wildman–Crippen LogP) is 4.02. The molecule has 10 heavy (non-hydrogen) atoms. The molecule has 0 unspecified atom stereocenters. The summed E-state index contributed by atoms with van der Waals surface area (Å²) >= 11 is 0. The fourth-order valence-corrected chi connectivity index (χ4v) is 0.888. The molecule has 0 amide bonds. The Morgan fingerprint density at radius 1 is 1.00 bits per heavy atom. The van der Waals surface area contributed by atoms with E-state index in [4.69, 9.17) is 0 Å². The molecule has 0 N–H and O–H groups in total. The van der Waals surface area contributed by atoms with E-state index in [1.54, 1.807) is 0 Å². The third kappa shape index (κ3) is 4.60. The van der Waals surface area contributed by atoms with Crippen molar-refractivity contribution in [3.05, 3.63) is 12.2 Å². The third-order valence-corrected chi connectivity index (χ3v) is 1.51. The minimum Gasteiger partial charge on any atom is -0.0880 e. The molecule has 0 radical (unpaired) electrons. The van der Waals surface area contributed by atoms with Gasteiger partial charge in [0.15, 0.2) is 0 Å². The van der Waals surface area contributed by atoms with Gasteiger partial charge in [-0.3, -0.25) is 0 Å². The lowest BCUT2D eigenvalue weighted by Crippen LogP contribution is -2.02. The summed E-state index contributed by atoms with van der Waals surface area (Å²) < 4.78 is 0. The van der Waals surface area contributed by atoms with E-state index in [0.29, 0.717) is 5.41 Å². The Kier molecular flexibility index (Phi) is 6.85. The Morgan fingerprint density at radius 3 is 1.40 bits per heavy atom. The molecule has 1 aliphatic rings. The van der Waals surface area contributed by atoms with Crippen molar-refractivity contribution in [2.75, 3.05) is 0 Å². The van der Waals surface area contributed by atoms with Gasteiger partial charge in [0.2, 0.25) is 0 Å². The SMILES string of the molecule is C.CC.CC1(C)CC=CC1. The number of hydrogen-bond acceptors (Lipinski definition) is 0. The number of allylic oxidation sites excluding steroid dienone is 2. The Labute approximate surface area is 66.3 Å². The van der Waals surface area contributed by atoms with Crippen molar-refractivity contribution in [3.8, 4) is 0 Å². The summed E-state index contributed by atoms with van der Waals surface area (Å²) in [6.07, 6.45) is 7.07. The first-order valence-corrected chi connectivity index (χ1v) is 3.86. The van der Waals surface area contributed by atoms with Gasteiger partial charge in [0.1, 0.15) is 0 Å². The van der Waals surface area contributed by atoms with Crippen LogP contribution in [0.1, 0.15) is 48.0 Å². The molecule has 1 rings (SSSR count). The maximum atomic E-state index is 2.30. The minimum absolute atomic E-state index is 0. The van der Waals surface area contributed by atoms with E-state index in [0.717, 1.165) is 0 Å². The Morgan fingerprint density at radius 2 is 1.30 bits per heavy atom. The third-order valence-electron chi connectivity index (χ3n) is 1.51. The molecule has 0 atom stereocenters. The monoisotopic (exact) mass is 142 g/mol. The van der Waals surface area contributed by atoms with Gasteiger partial charge in [-0.2, -0.15) is 0 Å². The van der Waals surface area contributed by atoms with Gasteiger partial charge in [0.05, 0.1) is 0 Å². The Bertz CT molecular complexity index is 78.2. The molecule has 0 nitrogen and oxygen atoms in total. The smallest absolute Gasteiger partial charge is 0.0285 e. The van der Waals surface area contributed by atoms with Gasteiger partial charge in [-0.1, -0.05) is 47.3 Å². The summed E-state index contributed by atoms with van der Waals surface area (Å²) in [4.78, 5) is 0. The summed E-state index contributed by atoms with van der Waals surface area (Å²) in [6, 6.07) is 0.